The fourth-order valence-electron chi connectivity index (χ4n) is 4.32. The number of carbonyl (C=O) groups is 3. The molecule has 1 N–H and O–H groups in total. The minimum Gasteiger partial charge on any atom is -0.507 e. The summed E-state index contributed by atoms with van der Waals surface area (Å²) in [7, 11) is 1.37. The molecule has 0 spiro atoms. The lowest BCUT2D eigenvalue weighted by molar-refractivity contribution is -0.132. The summed E-state index contributed by atoms with van der Waals surface area (Å²) in [6.07, 6.45) is 0. The molecule has 0 bridgehead atoms. The highest BCUT2D eigenvalue weighted by molar-refractivity contribution is 6.52. The second kappa shape index (κ2) is 10.7. The Balaban J connectivity index is 1.93. The highest BCUT2D eigenvalue weighted by Crippen LogP contribution is 2.45. The van der Waals surface area contributed by atoms with E-state index in [1.54, 1.807) is 31.2 Å². The van der Waals surface area contributed by atoms with E-state index in [0.29, 0.717) is 16.8 Å². The van der Waals surface area contributed by atoms with Gasteiger partial charge in [-0.25, -0.2) is 4.79 Å². The fraction of sp³-hybridized carbons (Fsp3) is 0.179. The first-order valence-corrected chi connectivity index (χ1v) is 12.1. The number of esters is 1. The van der Waals surface area contributed by atoms with Crippen molar-refractivity contribution in [3.63, 3.8) is 0 Å². The molecule has 4 rings (SSSR count). The van der Waals surface area contributed by atoms with Gasteiger partial charge in [0, 0.05) is 10.7 Å². The average Bonchev–Trinajstić information content (AvgIpc) is 3.13. The second-order valence-electron chi connectivity index (χ2n) is 8.32. The molecule has 0 saturated carbocycles. The summed E-state index contributed by atoms with van der Waals surface area (Å²) >= 11 is 12.5. The average molecular weight is 540 g/mol. The maximum atomic E-state index is 13.4. The zero-order chi connectivity index (χ0) is 26.9. The maximum Gasteiger partial charge on any atom is 0.338 e. The molecule has 1 amide bonds. The number of ketones is 1. The number of aliphatic hydroxyl groups excluding tert-OH is 1. The van der Waals surface area contributed by atoms with Gasteiger partial charge < -0.3 is 14.6 Å². The number of hydrogen-bond acceptors (Lipinski definition) is 6. The summed E-state index contributed by atoms with van der Waals surface area (Å²) in [4.78, 5) is 40.2. The summed E-state index contributed by atoms with van der Waals surface area (Å²) in [5.41, 5.74) is 2.07. The van der Waals surface area contributed by atoms with Crippen molar-refractivity contribution in [2.75, 3.05) is 18.6 Å². The number of methoxy groups -OCH3 is 1. The van der Waals surface area contributed by atoms with Gasteiger partial charge in [0.25, 0.3) is 11.7 Å². The van der Waals surface area contributed by atoms with E-state index in [2.05, 4.69) is 0 Å². The largest absolute Gasteiger partial charge is 0.507 e. The lowest BCUT2D eigenvalue weighted by Gasteiger charge is -2.26. The number of Topliss-reactive ketones (excluding diaryl/α,β-unsaturated/α-hetero) is 1. The molecule has 1 saturated heterocycles. The van der Waals surface area contributed by atoms with Gasteiger partial charge in [0.15, 0.2) is 0 Å². The molecule has 3 aromatic carbocycles. The Kier molecular flexibility index (Phi) is 7.57. The molecule has 1 atom stereocenters. The van der Waals surface area contributed by atoms with E-state index in [-0.39, 0.29) is 33.5 Å². The van der Waals surface area contributed by atoms with Crippen molar-refractivity contribution in [2.45, 2.75) is 19.9 Å². The van der Waals surface area contributed by atoms with E-state index in [9.17, 15) is 19.5 Å². The van der Waals surface area contributed by atoms with Crippen molar-refractivity contribution in [1.29, 1.82) is 0 Å². The Morgan fingerprint density at radius 2 is 1.76 bits per heavy atom. The van der Waals surface area contributed by atoms with Crippen molar-refractivity contribution in [3.8, 4) is 5.75 Å². The number of rotatable bonds is 6. The topological polar surface area (TPSA) is 93.1 Å². The number of carbonyl (C=O) groups excluding carboxylic acids is 3. The molecule has 0 radical (unpaired) electrons. The number of hydrogen-bond donors (Lipinski definition) is 1. The van der Waals surface area contributed by atoms with Gasteiger partial charge in [-0.05, 0) is 55.8 Å². The van der Waals surface area contributed by atoms with E-state index in [0.717, 1.165) is 5.56 Å². The molecule has 1 unspecified atom stereocenters. The number of anilines is 1. The Labute approximate surface area is 223 Å². The molecule has 1 fully saturated rings. The van der Waals surface area contributed by atoms with Crippen LogP contribution >= 0.6 is 23.2 Å². The van der Waals surface area contributed by atoms with Crippen molar-refractivity contribution < 1.29 is 29.0 Å². The van der Waals surface area contributed by atoms with Gasteiger partial charge in [0.05, 0.1) is 41.5 Å². The van der Waals surface area contributed by atoms with Crippen LogP contribution in [0.4, 0.5) is 5.69 Å². The van der Waals surface area contributed by atoms with Gasteiger partial charge in [-0.15, -0.1) is 0 Å². The van der Waals surface area contributed by atoms with Crippen LogP contribution in [0.15, 0.2) is 66.2 Å². The third-order valence-corrected chi connectivity index (χ3v) is 6.43. The minimum atomic E-state index is -0.976. The van der Waals surface area contributed by atoms with Crippen molar-refractivity contribution in [1.82, 2.24) is 0 Å². The SMILES string of the molecule is CCOC(=O)c1ccc(N2C(=O)C(=O)/C(=C(/O)c3cc(Cl)cc(Cl)c3OC)C2c2cccc(C)c2)cc1. The highest BCUT2D eigenvalue weighted by atomic mass is 35.5. The Hall–Kier alpha value is -3.81. The molecule has 1 aliphatic rings. The van der Waals surface area contributed by atoms with Crippen LogP contribution in [0, 0.1) is 6.92 Å². The number of aliphatic hydroxyl groups is 1. The van der Waals surface area contributed by atoms with Gasteiger partial charge in [0.2, 0.25) is 0 Å². The van der Waals surface area contributed by atoms with Crippen molar-refractivity contribution >= 4 is 52.3 Å². The Bertz CT molecular complexity index is 1430. The monoisotopic (exact) mass is 539 g/mol. The third kappa shape index (κ3) is 4.92. The van der Waals surface area contributed by atoms with Gasteiger partial charge in [-0.3, -0.25) is 14.5 Å². The first kappa shape index (κ1) is 26.3. The highest BCUT2D eigenvalue weighted by Gasteiger charge is 2.47. The van der Waals surface area contributed by atoms with Gasteiger partial charge >= 0.3 is 5.97 Å². The number of amides is 1. The number of benzene rings is 3. The molecule has 190 valence electrons. The molecule has 0 aliphatic carbocycles. The maximum absolute atomic E-state index is 13.4. The predicted molar refractivity (Wildman–Crippen MR) is 141 cm³/mol. The van der Waals surface area contributed by atoms with Gasteiger partial charge in [-0.2, -0.15) is 0 Å². The van der Waals surface area contributed by atoms with Crippen LogP contribution in [0.1, 0.15) is 40.0 Å². The Morgan fingerprint density at radius 3 is 2.38 bits per heavy atom. The van der Waals surface area contributed by atoms with Crippen LogP contribution in [0.5, 0.6) is 5.75 Å². The van der Waals surface area contributed by atoms with Crippen LogP contribution in [0.25, 0.3) is 5.76 Å². The van der Waals surface area contributed by atoms with Crippen molar-refractivity contribution in [2.24, 2.45) is 0 Å². The second-order valence-corrected chi connectivity index (χ2v) is 9.16. The van der Waals surface area contributed by atoms with E-state index >= 15 is 0 Å². The van der Waals surface area contributed by atoms with Crippen LogP contribution in [0.3, 0.4) is 0 Å². The third-order valence-electron chi connectivity index (χ3n) is 5.93. The quantitative estimate of drug-likeness (QED) is 0.176. The molecular weight excluding hydrogens is 517 g/mol. The van der Waals surface area contributed by atoms with E-state index in [4.69, 9.17) is 32.7 Å². The summed E-state index contributed by atoms with van der Waals surface area (Å²) < 4.78 is 10.4. The molecule has 1 heterocycles. The van der Waals surface area contributed by atoms with Gasteiger partial charge in [0.1, 0.15) is 11.5 Å². The Morgan fingerprint density at radius 1 is 1.05 bits per heavy atom. The van der Waals surface area contributed by atoms with E-state index in [1.807, 2.05) is 19.1 Å². The summed E-state index contributed by atoms with van der Waals surface area (Å²) in [5, 5.41) is 11.8. The predicted octanol–water partition coefficient (Wildman–Crippen LogP) is 6.11. The number of aryl methyl sites for hydroxylation is 1. The van der Waals surface area contributed by atoms with Crippen LogP contribution < -0.4 is 9.64 Å². The molecule has 7 nitrogen and oxygen atoms in total. The smallest absolute Gasteiger partial charge is 0.338 e. The van der Waals surface area contributed by atoms with E-state index in [1.165, 1.54) is 36.3 Å². The molecule has 3 aromatic rings. The number of nitrogens with zero attached hydrogens (tertiary/aromatic N) is 1. The summed E-state index contributed by atoms with van der Waals surface area (Å²) in [6.45, 7) is 3.80. The number of halogens is 2. The summed E-state index contributed by atoms with van der Waals surface area (Å²) in [5.74, 6) is -2.61. The first-order valence-electron chi connectivity index (χ1n) is 11.4. The molecular formula is C28H23Cl2NO6. The minimum absolute atomic E-state index is 0.0771. The molecule has 0 aromatic heterocycles. The summed E-state index contributed by atoms with van der Waals surface area (Å²) in [6, 6.07) is 15.3. The standard InChI is InChI=1S/C28H23Cl2NO6/c1-4-37-28(35)16-8-10-19(11-9-16)31-23(17-7-5-6-15(2)12-17)22(25(33)27(31)34)24(32)20-13-18(29)14-21(30)26(20)36-3/h5-14,23,32H,4H2,1-3H3/b24-22+. The molecule has 9 heteroatoms. The van der Waals surface area contributed by atoms with Crippen LogP contribution in [-0.4, -0.2) is 36.5 Å². The molecule has 37 heavy (non-hydrogen) atoms. The van der Waals surface area contributed by atoms with Crippen LogP contribution in [-0.2, 0) is 14.3 Å². The molecule has 1 aliphatic heterocycles. The fourth-order valence-corrected chi connectivity index (χ4v) is 4.89. The van der Waals surface area contributed by atoms with Gasteiger partial charge in [-0.1, -0.05) is 53.0 Å². The first-order chi connectivity index (χ1) is 17.7. The normalized spacial score (nSPS) is 16.7. The zero-order valence-electron chi connectivity index (χ0n) is 20.2. The zero-order valence-corrected chi connectivity index (χ0v) is 21.8. The van der Waals surface area contributed by atoms with Crippen LogP contribution in [0.2, 0.25) is 10.0 Å². The lowest BCUT2D eigenvalue weighted by Crippen LogP contribution is -2.29. The number of ether oxygens (including phenoxy) is 2. The van der Waals surface area contributed by atoms with E-state index < -0.39 is 29.5 Å². The van der Waals surface area contributed by atoms with Crippen molar-refractivity contribution in [3.05, 3.63) is 98.5 Å². The lowest BCUT2D eigenvalue weighted by atomic mass is 9.94.